The van der Waals surface area contributed by atoms with Crippen molar-refractivity contribution in [1.29, 1.82) is 0 Å². The molecule has 0 rings (SSSR count). The fourth-order valence-corrected chi connectivity index (χ4v) is 1.01. The van der Waals surface area contributed by atoms with Crippen molar-refractivity contribution in [2.45, 2.75) is 19.0 Å². The Balaban J connectivity index is 2.99. The second-order valence-corrected chi connectivity index (χ2v) is 3.21. The highest BCUT2D eigenvalue weighted by molar-refractivity contribution is 4.55. The first-order chi connectivity index (χ1) is 7.06. The summed E-state index contributed by atoms with van der Waals surface area (Å²) in [6, 6.07) is 0. The standard InChI is InChI=1S/C9H19F3N2O/c1-15-8-7-14-6-5-13-4-2-3-9(10,11)12/h13-14H,2-8H2,1H3. The number of nitrogens with one attached hydrogen (secondary N) is 2. The second-order valence-electron chi connectivity index (χ2n) is 3.21. The van der Waals surface area contributed by atoms with E-state index in [-0.39, 0.29) is 6.42 Å². The van der Waals surface area contributed by atoms with E-state index in [2.05, 4.69) is 10.6 Å². The van der Waals surface area contributed by atoms with Crippen LogP contribution in [-0.2, 0) is 4.74 Å². The van der Waals surface area contributed by atoms with Crippen molar-refractivity contribution in [3.8, 4) is 0 Å². The summed E-state index contributed by atoms with van der Waals surface area (Å²) in [6.07, 6.45) is -4.60. The second kappa shape index (κ2) is 8.94. The molecule has 0 amide bonds. The van der Waals surface area contributed by atoms with Gasteiger partial charge in [0.05, 0.1) is 6.61 Å². The fraction of sp³-hybridized carbons (Fsp3) is 1.00. The maximum absolute atomic E-state index is 11.7. The van der Waals surface area contributed by atoms with Crippen molar-refractivity contribution in [3.05, 3.63) is 0 Å². The van der Waals surface area contributed by atoms with Crippen molar-refractivity contribution in [2.24, 2.45) is 0 Å². The number of alkyl halides is 3. The van der Waals surface area contributed by atoms with Crippen LogP contribution in [0.15, 0.2) is 0 Å². The molecule has 0 aromatic heterocycles. The van der Waals surface area contributed by atoms with Gasteiger partial charge in [0.2, 0.25) is 0 Å². The van der Waals surface area contributed by atoms with Gasteiger partial charge in [0, 0.05) is 33.2 Å². The molecule has 0 aromatic carbocycles. The number of rotatable bonds is 9. The van der Waals surface area contributed by atoms with E-state index in [1.165, 1.54) is 0 Å². The molecule has 0 aliphatic carbocycles. The van der Waals surface area contributed by atoms with Crippen LogP contribution in [0.4, 0.5) is 13.2 Å². The average Bonchev–Trinajstić information content (AvgIpc) is 2.14. The normalized spacial score (nSPS) is 12.0. The van der Waals surface area contributed by atoms with Crippen LogP contribution in [0.2, 0.25) is 0 Å². The lowest BCUT2D eigenvalue weighted by Gasteiger charge is -2.07. The quantitative estimate of drug-likeness (QED) is 0.581. The molecule has 92 valence electrons. The van der Waals surface area contributed by atoms with Crippen LogP contribution in [0.1, 0.15) is 12.8 Å². The van der Waals surface area contributed by atoms with Gasteiger partial charge in [-0.15, -0.1) is 0 Å². The molecule has 3 nitrogen and oxygen atoms in total. The Kier molecular flexibility index (Phi) is 8.74. The number of hydrogen-bond donors (Lipinski definition) is 2. The highest BCUT2D eigenvalue weighted by atomic mass is 19.4. The highest BCUT2D eigenvalue weighted by Gasteiger charge is 2.25. The van der Waals surface area contributed by atoms with Gasteiger partial charge in [0.15, 0.2) is 0 Å². The minimum absolute atomic E-state index is 0.140. The van der Waals surface area contributed by atoms with Gasteiger partial charge in [-0.05, 0) is 13.0 Å². The van der Waals surface area contributed by atoms with Gasteiger partial charge in [0.25, 0.3) is 0 Å². The minimum Gasteiger partial charge on any atom is -0.383 e. The van der Waals surface area contributed by atoms with E-state index in [9.17, 15) is 13.2 Å². The maximum Gasteiger partial charge on any atom is 0.389 e. The van der Waals surface area contributed by atoms with E-state index in [1.54, 1.807) is 7.11 Å². The van der Waals surface area contributed by atoms with Gasteiger partial charge in [0.1, 0.15) is 0 Å². The summed E-state index contributed by atoms with van der Waals surface area (Å²) in [4.78, 5) is 0. The van der Waals surface area contributed by atoms with Gasteiger partial charge < -0.3 is 15.4 Å². The van der Waals surface area contributed by atoms with Crippen LogP contribution in [0.5, 0.6) is 0 Å². The Morgan fingerprint density at radius 3 is 2.13 bits per heavy atom. The molecular weight excluding hydrogens is 209 g/mol. The van der Waals surface area contributed by atoms with Crippen LogP contribution >= 0.6 is 0 Å². The number of halogens is 3. The first-order valence-electron chi connectivity index (χ1n) is 5.03. The topological polar surface area (TPSA) is 33.3 Å². The predicted octanol–water partition coefficient (Wildman–Crippen LogP) is 1.15. The van der Waals surface area contributed by atoms with E-state index < -0.39 is 12.6 Å². The lowest BCUT2D eigenvalue weighted by molar-refractivity contribution is -0.135. The summed E-state index contributed by atoms with van der Waals surface area (Å²) < 4.78 is 40.0. The van der Waals surface area contributed by atoms with E-state index in [1.807, 2.05) is 0 Å². The molecule has 0 bridgehead atoms. The van der Waals surface area contributed by atoms with Crippen LogP contribution in [0.25, 0.3) is 0 Å². The largest absolute Gasteiger partial charge is 0.389 e. The van der Waals surface area contributed by atoms with Crippen molar-refractivity contribution >= 4 is 0 Å². The molecule has 2 N–H and O–H groups in total. The molecule has 0 saturated carbocycles. The third kappa shape index (κ3) is 13.7. The molecule has 0 fully saturated rings. The lowest BCUT2D eigenvalue weighted by atomic mass is 10.3. The Hall–Kier alpha value is -0.330. The zero-order valence-electron chi connectivity index (χ0n) is 8.99. The van der Waals surface area contributed by atoms with Gasteiger partial charge in [-0.3, -0.25) is 0 Å². The van der Waals surface area contributed by atoms with Gasteiger partial charge in [-0.25, -0.2) is 0 Å². The van der Waals surface area contributed by atoms with Crippen LogP contribution in [0, 0.1) is 0 Å². The molecule has 0 aliphatic heterocycles. The van der Waals surface area contributed by atoms with Crippen molar-refractivity contribution in [1.82, 2.24) is 10.6 Å². The van der Waals surface area contributed by atoms with E-state index in [4.69, 9.17) is 4.74 Å². The smallest absolute Gasteiger partial charge is 0.383 e. The van der Waals surface area contributed by atoms with Crippen molar-refractivity contribution < 1.29 is 17.9 Å². The number of ether oxygens (including phenoxy) is 1. The molecule has 0 aliphatic rings. The first-order valence-corrected chi connectivity index (χ1v) is 5.03. The summed E-state index contributed by atoms with van der Waals surface area (Å²) in [6.45, 7) is 3.25. The molecule has 0 aromatic rings. The minimum atomic E-state index is -4.03. The SMILES string of the molecule is COCCNCCNCCCC(F)(F)F. The van der Waals surface area contributed by atoms with E-state index >= 15 is 0 Å². The number of methoxy groups -OCH3 is 1. The van der Waals surface area contributed by atoms with E-state index in [0.717, 1.165) is 13.1 Å². The zero-order valence-corrected chi connectivity index (χ0v) is 8.99. The Morgan fingerprint density at radius 2 is 1.60 bits per heavy atom. The van der Waals surface area contributed by atoms with Crippen LogP contribution < -0.4 is 10.6 Å². The maximum atomic E-state index is 11.7. The van der Waals surface area contributed by atoms with Gasteiger partial charge >= 0.3 is 6.18 Å². The van der Waals surface area contributed by atoms with Gasteiger partial charge in [-0.1, -0.05) is 0 Å². The van der Waals surface area contributed by atoms with Crippen molar-refractivity contribution in [2.75, 3.05) is 39.9 Å². The summed E-state index contributed by atoms with van der Waals surface area (Å²) >= 11 is 0. The fourth-order valence-electron chi connectivity index (χ4n) is 1.01. The molecule has 0 radical (unpaired) electrons. The Bertz CT molecular complexity index is 142. The zero-order chi connectivity index (χ0) is 11.6. The predicted molar refractivity (Wildman–Crippen MR) is 52.9 cm³/mol. The summed E-state index contributed by atoms with van der Waals surface area (Å²) in [5.74, 6) is 0. The number of hydrogen-bond acceptors (Lipinski definition) is 3. The molecule has 0 atom stereocenters. The summed E-state index contributed by atoms with van der Waals surface area (Å²) in [5.41, 5.74) is 0. The van der Waals surface area contributed by atoms with Gasteiger partial charge in [-0.2, -0.15) is 13.2 Å². The molecule has 15 heavy (non-hydrogen) atoms. The molecule has 0 heterocycles. The lowest BCUT2D eigenvalue weighted by Crippen LogP contribution is -2.30. The molecule has 6 heteroatoms. The Labute approximate surface area is 88.4 Å². The first kappa shape index (κ1) is 14.7. The third-order valence-electron chi connectivity index (χ3n) is 1.78. The summed E-state index contributed by atoms with van der Waals surface area (Å²) in [7, 11) is 1.62. The molecule has 0 spiro atoms. The average molecular weight is 228 g/mol. The van der Waals surface area contributed by atoms with Crippen LogP contribution in [-0.4, -0.2) is 46.1 Å². The third-order valence-corrected chi connectivity index (χ3v) is 1.78. The Morgan fingerprint density at radius 1 is 1.00 bits per heavy atom. The van der Waals surface area contributed by atoms with E-state index in [0.29, 0.717) is 19.7 Å². The molecular formula is C9H19F3N2O. The van der Waals surface area contributed by atoms with Crippen LogP contribution in [0.3, 0.4) is 0 Å². The molecule has 0 unspecified atom stereocenters. The highest BCUT2D eigenvalue weighted by Crippen LogP contribution is 2.20. The van der Waals surface area contributed by atoms with Crippen molar-refractivity contribution in [3.63, 3.8) is 0 Å². The summed E-state index contributed by atoms with van der Waals surface area (Å²) in [5, 5.41) is 6.02. The monoisotopic (exact) mass is 228 g/mol. The molecule has 0 saturated heterocycles.